The molecule has 0 aromatic heterocycles. The Hall–Kier alpha value is -2.30. The molecule has 1 aliphatic rings. The van der Waals surface area contributed by atoms with Gasteiger partial charge in [-0.15, -0.1) is 0 Å². The molecule has 1 fully saturated rings. The van der Waals surface area contributed by atoms with E-state index in [4.69, 9.17) is 16.3 Å². The van der Waals surface area contributed by atoms with Gasteiger partial charge < -0.3 is 15.0 Å². The highest BCUT2D eigenvalue weighted by Crippen LogP contribution is 2.30. The van der Waals surface area contributed by atoms with Crippen molar-refractivity contribution in [3.63, 3.8) is 0 Å². The minimum atomic E-state index is 0.00670. The Morgan fingerprint density at radius 3 is 2.44 bits per heavy atom. The zero-order chi connectivity index (χ0) is 17.6. The van der Waals surface area contributed by atoms with Gasteiger partial charge in [-0.25, -0.2) is 0 Å². The quantitative estimate of drug-likeness (QED) is 0.855. The minimum Gasteiger partial charge on any atom is -0.497 e. The fraction of sp³-hybridized carbons (Fsp3) is 0.250. The van der Waals surface area contributed by atoms with Crippen molar-refractivity contribution in [1.82, 2.24) is 10.2 Å². The largest absolute Gasteiger partial charge is 0.497 e. The van der Waals surface area contributed by atoms with Crippen LogP contribution in [0.1, 0.15) is 11.1 Å². The fourth-order valence-corrected chi connectivity index (χ4v) is 3.10. The highest BCUT2D eigenvalue weighted by atomic mass is 35.5. The van der Waals surface area contributed by atoms with Gasteiger partial charge in [0.25, 0.3) is 0 Å². The molecule has 1 amide bonds. The molecule has 4 nitrogen and oxygen atoms in total. The number of methoxy groups -OCH3 is 1. The van der Waals surface area contributed by atoms with E-state index < -0.39 is 0 Å². The molecule has 0 saturated carbocycles. The predicted molar refractivity (Wildman–Crippen MR) is 101 cm³/mol. The van der Waals surface area contributed by atoms with E-state index in [2.05, 4.69) is 5.32 Å². The van der Waals surface area contributed by atoms with Crippen LogP contribution in [0.15, 0.2) is 54.6 Å². The maximum absolute atomic E-state index is 12.7. The number of piperazine rings is 1. The Bertz CT molecular complexity index is 766. The van der Waals surface area contributed by atoms with E-state index in [0.717, 1.165) is 35.5 Å². The first-order valence-electron chi connectivity index (χ1n) is 8.29. The zero-order valence-corrected chi connectivity index (χ0v) is 14.9. The molecule has 1 heterocycles. The maximum atomic E-state index is 12.7. The number of rotatable bonds is 4. The highest BCUT2D eigenvalue weighted by Gasteiger charge is 2.17. The third-order valence-electron chi connectivity index (χ3n) is 4.26. The second-order valence-electron chi connectivity index (χ2n) is 5.84. The molecule has 0 unspecified atom stereocenters. The van der Waals surface area contributed by atoms with E-state index in [9.17, 15) is 4.79 Å². The summed E-state index contributed by atoms with van der Waals surface area (Å²) in [7, 11) is 1.63. The molecule has 0 radical (unpaired) electrons. The zero-order valence-electron chi connectivity index (χ0n) is 14.2. The van der Waals surface area contributed by atoms with Crippen molar-refractivity contribution in [2.24, 2.45) is 0 Å². The normalized spacial score (nSPS) is 15.1. The number of hydrogen-bond donors (Lipinski definition) is 1. The Morgan fingerprint density at radius 1 is 1.12 bits per heavy atom. The number of carbonyl (C=O) groups is 1. The summed E-state index contributed by atoms with van der Waals surface area (Å²) in [6.07, 6.45) is 1.69. The lowest BCUT2D eigenvalue weighted by Crippen LogP contribution is -2.45. The van der Waals surface area contributed by atoms with Crippen molar-refractivity contribution < 1.29 is 9.53 Å². The smallest absolute Gasteiger partial charge is 0.247 e. The molecular formula is C20H21ClN2O2. The first-order valence-corrected chi connectivity index (χ1v) is 8.67. The topological polar surface area (TPSA) is 41.6 Å². The summed E-state index contributed by atoms with van der Waals surface area (Å²) in [5.74, 6) is 0.780. The summed E-state index contributed by atoms with van der Waals surface area (Å²) < 4.78 is 5.23. The first kappa shape index (κ1) is 17.5. The van der Waals surface area contributed by atoms with Crippen molar-refractivity contribution >= 4 is 23.1 Å². The van der Waals surface area contributed by atoms with Crippen LogP contribution in [0.2, 0.25) is 5.02 Å². The number of hydrogen-bond acceptors (Lipinski definition) is 3. The van der Waals surface area contributed by atoms with Crippen LogP contribution in [-0.4, -0.2) is 44.1 Å². The molecule has 130 valence electrons. The summed E-state index contributed by atoms with van der Waals surface area (Å²) in [5.41, 5.74) is 2.59. The van der Waals surface area contributed by atoms with Crippen LogP contribution < -0.4 is 10.1 Å². The van der Waals surface area contributed by atoms with E-state index in [1.54, 1.807) is 13.2 Å². The molecule has 25 heavy (non-hydrogen) atoms. The SMILES string of the molecule is COc1ccc(/C(=C/C(=O)N2CCNCC2)c2ccccc2Cl)cc1. The number of nitrogens with zero attached hydrogens (tertiary/aromatic N) is 1. The van der Waals surface area contributed by atoms with Crippen LogP contribution in [0.4, 0.5) is 0 Å². The number of ether oxygens (including phenoxy) is 1. The average molecular weight is 357 g/mol. The number of benzene rings is 2. The van der Waals surface area contributed by atoms with Crippen LogP contribution in [0.3, 0.4) is 0 Å². The Balaban J connectivity index is 2.00. The number of halogens is 1. The second kappa shape index (κ2) is 8.19. The van der Waals surface area contributed by atoms with Crippen molar-refractivity contribution in [3.05, 3.63) is 70.8 Å². The third kappa shape index (κ3) is 4.21. The molecule has 0 bridgehead atoms. The summed E-state index contributed by atoms with van der Waals surface area (Å²) in [6, 6.07) is 15.2. The van der Waals surface area contributed by atoms with Crippen molar-refractivity contribution in [3.8, 4) is 5.75 Å². The number of amides is 1. The van der Waals surface area contributed by atoms with Gasteiger partial charge in [0.15, 0.2) is 0 Å². The fourth-order valence-electron chi connectivity index (χ4n) is 2.87. The van der Waals surface area contributed by atoms with E-state index in [0.29, 0.717) is 18.1 Å². The summed E-state index contributed by atoms with van der Waals surface area (Å²) >= 11 is 6.40. The minimum absolute atomic E-state index is 0.00670. The number of carbonyl (C=O) groups excluding carboxylic acids is 1. The molecule has 0 aliphatic carbocycles. The van der Waals surface area contributed by atoms with Crippen LogP contribution in [-0.2, 0) is 4.79 Å². The van der Waals surface area contributed by atoms with Crippen LogP contribution >= 0.6 is 11.6 Å². The van der Waals surface area contributed by atoms with Gasteiger partial charge in [-0.05, 0) is 29.3 Å². The Labute approximate surface area is 153 Å². The van der Waals surface area contributed by atoms with Gasteiger partial charge >= 0.3 is 0 Å². The predicted octanol–water partition coefficient (Wildman–Crippen LogP) is 3.21. The van der Waals surface area contributed by atoms with E-state index in [1.807, 2.05) is 53.4 Å². The van der Waals surface area contributed by atoms with Gasteiger partial charge in [0.1, 0.15) is 5.75 Å². The summed E-state index contributed by atoms with van der Waals surface area (Å²) in [5, 5.41) is 3.88. The number of nitrogens with one attached hydrogen (secondary N) is 1. The molecule has 0 spiro atoms. The van der Waals surface area contributed by atoms with Gasteiger partial charge in [-0.1, -0.05) is 41.9 Å². The standard InChI is InChI=1S/C20H21ClN2O2/c1-25-16-8-6-15(7-9-16)18(17-4-2-3-5-19(17)21)14-20(24)23-12-10-22-11-13-23/h2-9,14,22H,10-13H2,1H3/b18-14-. The summed E-state index contributed by atoms with van der Waals surface area (Å²) in [4.78, 5) is 14.6. The lowest BCUT2D eigenvalue weighted by atomic mass is 9.97. The lowest BCUT2D eigenvalue weighted by molar-refractivity contribution is -0.126. The van der Waals surface area contributed by atoms with Gasteiger partial charge in [-0.3, -0.25) is 4.79 Å². The molecule has 3 rings (SSSR count). The first-order chi connectivity index (χ1) is 12.2. The molecular weight excluding hydrogens is 336 g/mol. The second-order valence-corrected chi connectivity index (χ2v) is 6.25. The van der Waals surface area contributed by atoms with Gasteiger partial charge in [0.2, 0.25) is 5.91 Å². The average Bonchev–Trinajstić information content (AvgIpc) is 2.67. The lowest BCUT2D eigenvalue weighted by Gasteiger charge is -2.26. The maximum Gasteiger partial charge on any atom is 0.247 e. The molecule has 2 aromatic carbocycles. The monoisotopic (exact) mass is 356 g/mol. The summed E-state index contributed by atoms with van der Waals surface area (Å²) in [6.45, 7) is 3.08. The van der Waals surface area contributed by atoms with Crippen LogP contribution in [0.5, 0.6) is 5.75 Å². The molecule has 1 saturated heterocycles. The van der Waals surface area contributed by atoms with Crippen molar-refractivity contribution in [1.29, 1.82) is 0 Å². The van der Waals surface area contributed by atoms with E-state index in [-0.39, 0.29) is 5.91 Å². The van der Waals surface area contributed by atoms with E-state index in [1.165, 1.54) is 0 Å². The van der Waals surface area contributed by atoms with E-state index >= 15 is 0 Å². The molecule has 5 heteroatoms. The molecule has 1 N–H and O–H groups in total. The van der Waals surface area contributed by atoms with Crippen molar-refractivity contribution in [2.75, 3.05) is 33.3 Å². The van der Waals surface area contributed by atoms with Gasteiger partial charge in [0.05, 0.1) is 7.11 Å². The Kier molecular flexibility index (Phi) is 5.74. The van der Waals surface area contributed by atoms with Crippen LogP contribution in [0, 0.1) is 0 Å². The molecule has 1 aliphatic heterocycles. The van der Waals surface area contributed by atoms with Gasteiger partial charge in [-0.2, -0.15) is 0 Å². The molecule has 0 atom stereocenters. The highest BCUT2D eigenvalue weighted by molar-refractivity contribution is 6.32. The van der Waals surface area contributed by atoms with Gasteiger partial charge in [0, 0.05) is 42.8 Å². The Morgan fingerprint density at radius 2 is 1.80 bits per heavy atom. The molecule has 2 aromatic rings. The van der Waals surface area contributed by atoms with Crippen LogP contribution in [0.25, 0.3) is 5.57 Å². The third-order valence-corrected chi connectivity index (χ3v) is 4.59. The van der Waals surface area contributed by atoms with Crippen molar-refractivity contribution in [2.45, 2.75) is 0 Å².